The number of hydrogen-bond donors (Lipinski definition) is 4. The maximum Gasteiger partial charge on any atom is 0.488 e. The van der Waals surface area contributed by atoms with Gasteiger partial charge in [-0.25, -0.2) is 0 Å². The largest absolute Gasteiger partial charge is 0.497 e. The zero-order valence-electron chi connectivity index (χ0n) is 13.7. The Morgan fingerprint density at radius 2 is 1.92 bits per heavy atom. The van der Waals surface area contributed by atoms with E-state index in [0.717, 1.165) is 5.56 Å². The quantitative estimate of drug-likeness (QED) is 0.570. The highest BCUT2D eigenvalue weighted by molar-refractivity contribution is 6.58. The van der Waals surface area contributed by atoms with Crippen molar-refractivity contribution in [3.63, 3.8) is 0 Å². The average Bonchev–Trinajstić information content (AvgIpc) is 2.55. The van der Waals surface area contributed by atoms with Crippen LogP contribution in [0.2, 0.25) is 0 Å². The van der Waals surface area contributed by atoms with Gasteiger partial charge in [-0.15, -0.1) is 0 Å². The van der Waals surface area contributed by atoms with Gasteiger partial charge in [0.05, 0.1) is 12.6 Å². The number of ether oxygens (including phenoxy) is 1. The molecule has 0 saturated carbocycles. The second-order valence-corrected chi connectivity index (χ2v) is 5.90. The van der Waals surface area contributed by atoms with Crippen molar-refractivity contribution in [1.29, 1.82) is 0 Å². The number of methoxy groups -OCH3 is 1. The second-order valence-electron chi connectivity index (χ2n) is 5.90. The zero-order valence-corrected chi connectivity index (χ0v) is 13.7. The summed E-state index contributed by atoms with van der Waals surface area (Å²) in [5, 5.41) is 21.0. The Kier molecular flexibility index (Phi) is 5.61. The molecule has 2 aromatic rings. The van der Waals surface area contributed by atoms with Crippen LogP contribution in [0.1, 0.15) is 12.5 Å². The van der Waals surface area contributed by atoms with Crippen molar-refractivity contribution in [1.82, 2.24) is 0 Å². The van der Waals surface area contributed by atoms with E-state index in [9.17, 15) is 4.79 Å². The molecule has 0 bridgehead atoms. The van der Waals surface area contributed by atoms with E-state index in [4.69, 9.17) is 20.5 Å². The van der Waals surface area contributed by atoms with Crippen molar-refractivity contribution in [2.24, 2.45) is 5.73 Å². The van der Waals surface area contributed by atoms with Crippen molar-refractivity contribution in [2.45, 2.75) is 18.9 Å². The molecule has 1 amide bonds. The van der Waals surface area contributed by atoms with Crippen LogP contribution in [-0.2, 0) is 11.2 Å². The summed E-state index contributed by atoms with van der Waals surface area (Å²) >= 11 is 0. The lowest BCUT2D eigenvalue weighted by atomic mass is 9.79. The molecule has 0 aliphatic heterocycles. The lowest BCUT2D eigenvalue weighted by Gasteiger charge is -2.24. The highest BCUT2D eigenvalue weighted by Gasteiger charge is 2.29. The van der Waals surface area contributed by atoms with Crippen LogP contribution >= 0.6 is 0 Å². The number of nitrogens with one attached hydrogen (secondary N) is 1. The van der Waals surface area contributed by atoms with E-state index in [1.165, 1.54) is 0 Å². The van der Waals surface area contributed by atoms with E-state index in [2.05, 4.69) is 5.32 Å². The lowest BCUT2D eigenvalue weighted by molar-refractivity contribution is -0.120. The van der Waals surface area contributed by atoms with Gasteiger partial charge in [-0.2, -0.15) is 0 Å². The van der Waals surface area contributed by atoms with Crippen molar-refractivity contribution >= 4 is 24.2 Å². The Morgan fingerprint density at radius 1 is 1.25 bits per heavy atom. The molecule has 0 aliphatic carbocycles. The topological polar surface area (TPSA) is 105 Å². The smallest absolute Gasteiger partial charge is 0.488 e. The van der Waals surface area contributed by atoms with Crippen LogP contribution in [-0.4, -0.2) is 35.7 Å². The first kappa shape index (κ1) is 18.0. The molecular weight excluding hydrogens is 307 g/mol. The first-order valence-electron chi connectivity index (χ1n) is 7.51. The van der Waals surface area contributed by atoms with Crippen molar-refractivity contribution in [3.05, 3.63) is 54.1 Å². The van der Waals surface area contributed by atoms with Crippen LogP contribution in [0.15, 0.2) is 48.5 Å². The summed E-state index contributed by atoms with van der Waals surface area (Å²) in [6.07, 6.45) is 0.310. The van der Waals surface area contributed by atoms with E-state index in [1.54, 1.807) is 62.6 Å². The van der Waals surface area contributed by atoms with Crippen LogP contribution in [0.3, 0.4) is 0 Å². The fourth-order valence-electron chi connectivity index (χ4n) is 2.29. The van der Waals surface area contributed by atoms with Gasteiger partial charge in [0.2, 0.25) is 5.91 Å². The Labute approximate surface area is 141 Å². The van der Waals surface area contributed by atoms with Gasteiger partial charge in [-0.3, -0.25) is 4.79 Å². The molecular formula is C17H21BN2O4. The minimum atomic E-state index is -1.51. The van der Waals surface area contributed by atoms with Crippen LogP contribution < -0.4 is 21.3 Å². The Hall–Kier alpha value is -2.35. The van der Waals surface area contributed by atoms with E-state index >= 15 is 0 Å². The molecule has 24 heavy (non-hydrogen) atoms. The summed E-state index contributed by atoms with van der Waals surface area (Å²) in [4.78, 5) is 12.5. The number of carbonyl (C=O) groups excluding carboxylic acids is 1. The van der Waals surface area contributed by atoms with Gasteiger partial charge in [0.25, 0.3) is 0 Å². The van der Waals surface area contributed by atoms with E-state index in [0.29, 0.717) is 23.3 Å². The third-order valence-corrected chi connectivity index (χ3v) is 3.70. The summed E-state index contributed by atoms with van der Waals surface area (Å²) in [5.74, 6) is 0.326. The van der Waals surface area contributed by atoms with Crippen molar-refractivity contribution in [3.8, 4) is 5.75 Å². The first-order chi connectivity index (χ1) is 11.3. The monoisotopic (exact) mass is 328 g/mol. The lowest BCUT2D eigenvalue weighted by Crippen LogP contribution is -2.50. The highest BCUT2D eigenvalue weighted by Crippen LogP contribution is 2.19. The van der Waals surface area contributed by atoms with Gasteiger partial charge < -0.3 is 25.8 Å². The molecule has 0 spiro atoms. The van der Waals surface area contributed by atoms with Gasteiger partial charge in [0.15, 0.2) is 0 Å². The molecule has 2 rings (SSSR count). The molecule has 0 unspecified atom stereocenters. The number of hydrogen-bond acceptors (Lipinski definition) is 5. The Bertz CT molecular complexity index is 702. The Balaban J connectivity index is 2.06. The highest BCUT2D eigenvalue weighted by atomic mass is 16.5. The molecule has 0 aromatic heterocycles. The molecule has 6 nitrogen and oxygen atoms in total. The number of nitrogens with two attached hydrogens (primary N) is 1. The van der Waals surface area contributed by atoms with Gasteiger partial charge in [-0.1, -0.05) is 30.3 Å². The molecule has 5 N–H and O–H groups in total. The number of amides is 1. The van der Waals surface area contributed by atoms with Crippen molar-refractivity contribution in [2.75, 3.05) is 12.4 Å². The number of anilines is 1. The molecule has 0 radical (unpaired) electrons. The third-order valence-electron chi connectivity index (χ3n) is 3.70. The Morgan fingerprint density at radius 3 is 2.50 bits per heavy atom. The summed E-state index contributed by atoms with van der Waals surface area (Å²) in [6.45, 7) is 1.65. The second kappa shape index (κ2) is 7.48. The SMILES string of the molecule is COc1cccc(NC(=O)[C@@](C)(N)Cc2ccc(B(O)O)cc2)c1. The maximum atomic E-state index is 12.5. The molecule has 0 saturated heterocycles. The summed E-state index contributed by atoms with van der Waals surface area (Å²) in [5.41, 5.74) is 6.86. The van der Waals surface area contributed by atoms with Gasteiger partial charge in [0.1, 0.15) is 5.75 Å². The summed E-state index contributed by atoms with van der Waals surface area (Å²) in [6, 6.07) is 13.7. The standard InChI is InChI=1S/C17H21BN2O4/c1-17(19,11-12-6-8-13(9-7-12)18(22)23)16(21)20-14-4-3-5-15(10-14)24-2/h3-10,22-23H,11,19H2,1-2H3,(H,20,21)/t17-/m0/s1. The minimum absolute atomic E-state index is 0.310. The van der Waals surface area contributed by atoms with Crippen molar-refractivity contribution < 1.29 is 19.6 Å². The average molecular weight is 328 g/mol. The summed E-state index contributed by atoms with van der Waals surface area (Å²) < 4.78 is 5.12. The number of rotatable bonds is 6. The van der Waals surface area contributed by atoms with E-state index in [1.807, 2.05) is 0 Å². The maximum absolute atomic E-state index is 12.5. The predicted octanol–water partition coefficient (Wildman–Crippen LogP) is 0.274. The van der Waals surface area contributed by atoms with Crippen LogP contribution in [0.4, 0.5) is 5.69 Å². The van der Waals surface area contributed by atoms with E-state index in [-0.39, 0.29) is 5.91 Å². The fraction of sp³-hybridized carbons (Fsp3) is 0.235. The number of benzene rings is 2. The third kappa shape index (κ3) is 4.58. The van der Waals surface area contributed by atoms with Crippen LogP contribution in [0.25, 0.3) is 0 Å². The van der Waals surface area contributed by atoms with Gasteiger partial charge >= 0.3 is 7.12 Å². The van der Waals surface area contributed by atoms with Gasteiger partial charge in [0, 0.05) is 11.8 Å². The summed E-state index contributed by atoms with van der Waals surface area (Å²) in [7, 11) is 0.0423. The van der Waals surface area contributed by atoms with Crippen LogP contribution in [0.5, 0.6) is 5.75 Å². The molecule has 126 valence electrons. The molecule has 0 heterocycles. The molecule has 1 atom stereocenters. The molecule has 2 aromatic carbocycles. The predicted molar refractivity (Wildman–Crippen MR) is 94.2 cm³/mol. The normalized spacial score (nSPS) is 13.0. The minimum Gasteiger partial charge on any atom is -0.497 e. The van der Waals surface area contributed by atoms with Crippen LogP contribution in [0, 0.1) is 0 Å². The number of carbonyl (C=O) groups is 1. The molecule has 0 aliphatic rings. The zero-order chi connectivity index (χ0) is 17.7. The molecule has 7 heteroatoms. The van der Waals surface area contributed by atoms with E-state index < -0.39 is 12.7 Å². The molecule has 0 fully saturated rings. The fourth-order valence-corrected chi connectivity index (χ4v) is 2.29. The first-order valence-corrected chi connectivity index (χ1v) is 7.51. The van der Waals surface area contributed by atoms with Gasteiger partial charge in [-0.05, 0) is 36.5 Å².